The quantitative estimate of drug-likeness (QED) is 0.0493. The normalized spacial score (nSPS) is 10.7. The van der Waals surface area contributed by atoms with Crippen LogP contribution in [0.3, 0.4) is 0 Å². The SMILES string of the molecule is CC(C)(C)OC(=O)CCCC(=O)COCCOCCOCC(=O)CCC(=O)OCc1ccccc1.CC(C)(C)OC(=O)CCN.Cl.O=C(O)COCCOCCOCC(=O)NCC(=O)OCc1ccccc1. The lowest BCUT2D eigenvalue weighted by Crippen LogP contribution is -2.33. The van der Waals surface area contributed by atoms with Crippen LogP contribution in [0.25, 0.3) is 0 Å². The number of carbonyl (C=O) groups excluding carboxylic acids is 7. The Morgan fingerprint density at radius 1 is 0.486 bits per heavy atom. The standard InChI is InChI=1S/C26H38O9.C17H23NO8.C7H15NO2.ClH/c1-26(2,3)35-25(30)11-7-10-22(27)19-32-16-14-31-15-17-33-20-23(28)12-13-24(29)34-18-21-8-5-4-6-9-21;19-15(12-24-8-6-23-7-9-25-13-16(20)21)18-10-17(22)26-11-14-4-2-1-3-5-14;1-7(2,3)10-6(9)4-5-8;/h4-6,8-9H,7,10-20H2,1-3H3;1-5H,6-13H2,(H,18,19)(H,20,21);4-5,8H2,1-3H3;1H. The van der Waals surface area contributed by atoms with E-state index in [1.54, 1.807) is 20.8 Å². The fourth-order valence-corrected chi connectivity index (χ4v) is 4.91. The molecule has 2 aromatic carbocycles. The molecule has 4 N–H and O–H groups in total. The van der Waals surface area contributed by atoms with E-state index in [4.69, 9.17) is 58.2 Å². The predicted octanol–water partition coefficient (Wildman–Crippen LogP) is 4.29. The van der Waals surface area contributed by atoms with Crippen LogP contribution in [0.5, 0.6) is 0 Å². The van der Waals surface area contributed by atoms with Crippen molar-refractivity contribution in [1.82, 2.24) is 5.32 Å². The summed E-state index contributed by atoms with van der Waals surface area (Å²) in [4.78, 5) is 90.8. The molecular formula is C50H77ClN2O19. The van der Waals surface area contributed by atoms with Crippen LogP contribution in [-0.4, -0.2) is 156 Å². The molecule has 0 fully saturated rings. The van der Waals surface area contributed by atoms with Crippen LogP contribution in [0, 0.1) is 0 Å². The number of amides is 1. The summed E-state index contributed by atoms with van der Waals surface area (Å²) in [6.07, 6.45) is 1.27. The van der Waals surface area contributed by atoms with Crippen LogP contribution in [0.4, 0.5) is 0 Å². The number of esters is 4. The van der Waals surface area contributed by atoms with Gasteiger partial charge in [0.15, 0.2) is 11.6 Å². The zero-order valence-electron chi connectivity index (χ0n) is 42.6. The molecule has 0 saturated heterocycles. The van der Waals surface area contributed by atoms with Gasteiger partial charge in [-0.15, -0.1) is 12.4 Å². The van der Waals surface area contributed by atoms with E-state index in [0.717, 1.165) is 11.1 Å². The number of ketones is 2. The van der Waals surface area contributed by atoms with E-state index in [1.165, 1.54) is 0 Å². The van der Waals surface area contributed by atoms with Crippen molar-refractivity contribution in [3.63, 3.8) is 0 Å². The van der Waals surface area contributed by atoms with Gasteiger partial charge in [-0.1, -0.05) is 60.7 Å². The number of benzene rings is 2. The predicted molar refractivity (Wildman–Crippen MR) is 264 cm³/mol. The van der Waals surface area contributed by atoms with Crippen LogP contribution in [-0.2, 0) is 98.9 Å². The number of rotatable bonds is 35. The third kappa shape index (κ3) is 48.2. The molecule has 0 aromatic heterocycles. The summed E-state index contributed by atoms with van der Waals surface area (Å²) in [5, 5.41) is 10.7. The van der Waals surface area contributed by atoms with Gasteiger partial charge in [-0.05, 0) is 59.1 Å². The van der Waals surface area contributed by atoms with Gasteiger partial charge in [0.1, 0.15) is 57.4 Å². The van der Waals surface area contributed by atoms with E-state index in [9.17, 15) is 38.4 Å². The Balaban J connectivity index is 0. The van der Waals surface area contributed by atoms with Crippen molar-refractivity contribution >= 4 is 59.7 Å². The average molecular weight is 1050 g/mol. The lowest BCUT2D eigenvalue weighted by atomic mass is 10.1. The summed E-state index contributed by atoms with van der Waals surface area (Å²) in [6, 6.07) is 18.5. The van der Waals surface area contributed by atoms with Crippen molar-refractivity contribution in [2.45, 2.75) is 104 Å². The summed E-state index contributed by atoms with van der Waals surface area (Å²) in [7, 11) is 0. The van der Waals surface area contributed by atoms with Crippen LogP contribution >= 0.6 is 12.4 Å². The number of hydrogen-bond acceptors (Lipinski definition) is 19. The molecule has 0 aliphatic rings. The second-order valence-corrected chi connectivity index (χ2v) is 17.0. The molecule has 2 rings (SSSR count). The minimum absolute atomic E-state index is 0. The van der Waals surface area contributed by atoms with Crippen molar-refractivity contribution in [2.75, 3.05) is 92.4 Å². The number of nitrogens with two attached hydrogens (primary N) is 1. The van der Waals surface area contributed by atoms with E-state index in [0.29, 0.717) is 19.4 Å². The zero-order valence-corrected chi connectivity index (χ0v) is 43.4. The molecule has 0 atom stereocenters. The summed E-state index contributed by atoms with van der Waals surface area (Å²) in [5.74, 6) is -3.25. The van der Waals surface area contributed by atoms with Crippen LogP contribution in [0.15, 0.2) is 60.7 Å². The molecule has 1 amide bonds. The maximum Gasteiger partial charge on any atom is 0.329 e. The number of carboxylic acids is 1. The maximum absolute atomic E-state index is 11.8. The van der Waals surface area contributed by atoms with E-state index in [2.05, 4.69) is 5.32 Å². The molecule has 0 heterocycles. The van der Waals surface area contributed by atoms with Gasteiger partial charge >= 0.3 is 29.8 Å². The Morgan fingerprint density at radius 3 is 1.33 bits per heavy atom. The molecule has 0 aliphatic carbocycles. The van der Waals surface area contributed by atoms with Crippen LogP contribution in [0.2, 0.25) is 0 Å². The number of Topliss-reactive ketones (excluding diaryl/α,β-unsaturated/α-hetero) is 2. The highest BCUT2D eigenvalue weighted by Gasteiger charge is 2.17. The zero-order chi connectivity index (χ0) is 53.2. The van der Waals surface area contributed by atoms with Crippen molar-refractivity contribution in [3.8, 4) is 0 Å². The molecule has 2 aromatic rings. The fraction of sp³-hybridized carbons (Fsp3) is 0.600. The minimum atomic E-state index is -1.04. The second kappa shape index (κ2) is 43.2. The third-order valence-electron chi connectivity index (χ3n) is 8.02. The largest absolute Gasteiger partial charge is 0.480 e. The Morgan fingerprint density at radius 2 is 0.889 bits per heavy atom. The number of carboxylic acid groups (broad SMARTS) is 1. The highest BCUT2D eigenvalue weighted by molar-refractivity contribution is 5.85. The van der Waals surface area contributed by atoms with E-state index in [-0.39, 0.29) is 166 Å². The Kier molecular flexibility index (Phi) is 41.2. The number of carbonyl (C=O) groups is 8. The smallest absolute Gasteiger partial charge is 0.329 e. The van der Waals surface area contributed by atoms with Gasteiger partial charge < -0.3 is 63.5 Å². The molecule has 0 bridgehead atoms. The Bertz CT molecular complexity index is 1810. The molecule has 408 valence electrons. The topological polar surface area (TPSA) is 287 Å². The first-order valence-electron chi connectivity index (χ1n) is 23.2. The van der Waals surface area contributed by atoms with Gasteiger partial charge in [0, 0.05) is 25.8 Å². The third-order valence-corrected chi connectivity index (χ3v) is 8.02. The highest BCUT2D eigenvalue weighted by Crippen LogP contribution is 2.10. The fourth-order valence-electron chi connectivity index (χ4n) is 4.91. The first-order chi connectivity index (χ1) is 33.7. The molecule has 21 nitrogen and oxygen atoms in total. The minimum Gasteiger partial charge on any atom is -0.480 e. The van der Waals surface area contributed by atoms with E-state index >= 15 is 0 Å². The summed E-state index contributed by atoms with van der Waals surface area (Å²) in [5.41, 5.74) is 6.00. The van der Waals surface area contributed by atoms with Crippen molar-refractivity contribution in [3.05, 3.63) is 71.8 Å². The van der Waals surface area contributed by atoms with Gasteiger partial charge in [-0.3, -0.25) is 33.6 Å². The molecular weight excluding hydrogens is 968 g/mol. The van der Waals surface area contributed by atoms with E-state index in [1.807, 2.05) is 81.4 Å². The van der Waals surface area contributed by atoms with E-state index < -0.39 is 29.4 Å². The molecule has 0 radical (unpaired) electrons. The Labute approximate surface area is 429 Å². The second-order valence-electron chi connectivity index (χ2n) is 17.0. The van der Waals surface area contributed by atoms with Gasteiger partial charge in [0.05, 0.1) is 65.7 Å². The number of ether oxygens (including phenoxy) is 10. The summed E-state index contributed by atoms with van der Waals surface area (Å²) >= 11 is 0. The van der Waals surface area contributed by atoms with Crippen molar-refractivity contribution in [2.24, 2.45) is 5.73 Å². The Hall–Kier alpha value is -5.39. The average Bonchev–Trinajstić information content (AvgIpc) is 3.30. The molecule has 0 spiro atoms. The molecule has 0 unspecified atom stereocenters. The highest BCUT2D eigenvalue weighted by atomic mass is 35.5. The maximum atomic E-state index is 11.8. The summed E-state index contributed by atoms with van der Waals surface area (Å²) in [6.45, 7) is 12.5. The van der Waals surface area contributed by atoms with Crippen LogP contribution in [0.1, 0.15) is 91.2 Å². The number of aliphatic carboxylic acids is 1. The first kappa shape index (κ1) is 68.7. The lowest BCUT2D eigenvalue weighted by molar-refractivity contribution is -0.155. The van der Waals surface area contributed by atoms with Gasteiger partial charge in [-0.2, -0.15) is 0 Å². The monoisotopic (exact) mass is 1040 g/mol. The summed E-state index contributed by atoms with van der Waals surface area (Å²) < 4.78 is 51.1. The molecule has 0 aliphatic heterocycles. The van der Waals surface area contributed by atoms with Gasteiger partial charge in [-0.25, -0.2) is 4.79 Å². The van der Waals surface area contributed by atoms with Gasteiger partial charge in [0.25, 0.3) is 0 Å². The molecule has 0 saturated carbocycles. The lowest BCUT2D eigenvalue weighted by Gasteiger charge is -2.19. The van der Waals surface area contributed by atoms with Crippen molar-refractivity contribution < 1.29 is 90.8 Å². The number of halogens is 1. The first-order valence-corrected chi connectivity index (χ1v) is 23.2. The molecule has 72 heavy (non-hydrogen) atoms. The van der Waals surface area contributed by atoms with Gasteiger partial charge in [0.2, 0.25) is 5.91 Å². The van der Waals surface area contributed by atoms with Crippen molar-refractivity contribution in [1.29, 1.82) is 0 Å². The van der Waals surface area contributed by atoms with Crippen LogP contribution < -0.4 is 11.1 Å². The number of nitrogens with one attached hydrogen (secondary N) is 1. The number of hydrogen-bond donors (Lipinski definition) is 3. The molecule has 22 heteroatoms.